The SMILES string of the molecule is CCc1nccn1C(CC)C(=N)N. The van der Waals surface area contributed by atoms with Gasteiger partial charge < -0.3 is 10.3 Å². The fraction of sp³-hybridized carbons (Fsp3) is 0.556. The highest BCUT2D eigenvalue weighted by molar-refractivity contribution is 5.81. The van der Waals surface area contributed by atoms with Crippen molar-refractivity contribution in [3.05, 3.63) is 18.2 Å². The zero-order chi connectivity index (χ0) is 9.84. The first kappa shape index (κ1) is 9.77. The van der Waals surface area contributed by atoms with Crippen molar-refractivity contribution in [1.29, 1.82) is 5.41 Å². The zero-order valence-electron chi connectivity index (χ0n) is 8.12. The van der Waals surface area contributed by atoms with E-state index in [2.05, 4.69) is 4.98 Å². The van der Waals surface area contributed by atoms with Gasteiger partial charge in [0.1, 0.15) is 11.7 Å². The monoisotopic (exact) mass is 180 g/mol. The lowest BCUT2D eigenvalue weighted by molar-refractivity contribution is 0.583. The Labute approximate surface area is 78.3 Å². The van der Waals surface area contributed by atoms with Crippen LogP contribution in [0.25, 0.3) is 0 Å². The number of imidazole rings is 1. The quantitative estimate of drug-likeness (QED) is 0.542. The second kappa shape index (κ2) is 4.07. The third kappa shape index (κ3) is 1.88. The summed E-state index contributed by atoms with van der Waals surface area (Å²) in [6.45, 7) is 4.07. The molecule has 1 unspecified atom stereocenters. The lowest BCUT2D eigenvalue weighted by atomic mass is 10.2. The summed E-state index contributed by atoms with van der Waals surface area (Å²) in [5, 5.41) is 7.43. The number of nitrogens with zero attached hydrogens (tertiary/aromatic N) is 2. The second-order valence-corrected chi connectivity index (χ2v) is 2.98. The molecule has 0 saturated carbocycles. The van der Waals surface area contributed by atoms with Gasteiger partial charge >= 0.3 is 0 Å². The Hall–Kier alpha value is -1.32. The van der Waals surface area contributed by atoms with Crippen LogP contribution in [0, 0.1) is 5.41 Å². The van der Waals surface area contributed by atoms with Crippen LogP contribution in [0.3, 0.4) is 0 Å². The normalized spacial score (nSPS) is 12.8. The van der Waals surface area contributed by atoms with Gasteiger partial charge in [0.05, 0.1) is 6.04 Å². The number of aryl methyl sites for hydroxylation is 1. The van der Waals surface area contributed by atoms with Crippen LogP contribution >= 0.6 is 0 Å². The highest BCUT2D eigenvalue weighted by Gasteiger charge is 2.13. The van der Waals surface area contributed by atoms with E-state index < -0.39 is 0 Å². The first-order chi connectivity index (χ1) is 6.20. The number of hydrogen-bond acceptors (Lipinski definition) is 2. The molecule has 0 fully saturated rings. The van der Waals surface area contributed by atoms with E-state index in [0.29, 0.717) is 0 Å². The van der Waals surface area contributed by atoms with E-state index in [1.165, 1.54) is 0 Å². The summed E-state index contributed by atoms with van der Waals surface area (Å²) in [6, 6.07) is -0.0301. The van der Waals surface area contributed by atoms with Crippen molar-refractivity contribution in [2.45, 2.75) is 32.7 Å². The Balaban J connectivity index is 2.96. The molecule has 1 atom stereocenters. The van der Waals surface area contributed by atoms with Gasteiger partial charge in [-0.05, 0) is 6.42 Å². The van der Waals surface area contributed by atoms with Crippen molar-refractivity contribution in [3.8, 4) is 0 Å². The minimum Gasteiger partial charge on any atom is -0.386 e. The van der Waals surface area contributed by atoms with Gasteiger partial charge in [-0.15, -0.1) is 0 Å². The molecule has 72 valence electrons. The van der Waals surface area contributed by atoms with E-state index in [1.54, 1.807) is 6.20 Å². The Morgan fingerprint density at radius 2 is 2.38 bits per heavy atom. The molecule has 4 nitrogen and oxygen atoms in total. The molecule has 1 heterocycles. The van der Waals surface area contributed by atoms with Crippen LogP contribution < -0.4 is 5.73 Å². The fourth-order valence-corrected chi connectivity index (χ4v) is 1.47. The molecule has 0 aliphatic carbocycles. The minimum absolute atomic E-state index is 0.0301. The summed E-state index contributed by atoms with van der Waals surface area (Å²) in [6.07, 6.45) is 5.34. The predicted molar refractivity (Wildman–Crippen MR) is 52.8 cm³/mol. The molecular formula is C9H16N4. The molecule has 0 spiro atoms. The third-order valence-corrected chi connectivity index (χ3v) is 2.15. The summed E-state index contributed by atoms with van der Waals surface area (Å²) < 4.78 is 1.97. The van der Waals surface area contributed by atoms with Gasteiger partial charge in [0, 0.05) is 18.8 Å². The molecule has 4 heteroatoms. The molecule has 1 aromatic heterocycles. The third-order valence-electron chi connectivity index (χ3n) is 2.15. The number of rotatable bonds is 4. The van der Waals surface area contributed by atoms with Gasteiger partial charge in [-0.2, -0.15) is 0 Å². The van der Waals surface area contributed by atoms with Crippen molar-refractivity contribution in [3.63, 3.8) is 0 Å². The molecule has 0 aliphatic heterocycles. The number of nitrogens with two attached hydrogens (primary N) is 1. The van der Waals surface area contributed by atoms with Crippen LogP contribution in [0.4, 0.5) is 0 Å². The standard InChI is InChI=1S/C9H16N4/c1-3-7(9(10)11)13-6-5-12-8(13)4-2/h5-7H,3-4H2,1-2H3,(H3,10,11). The molecule has 0 aromatic carbocycles. The predicted octanol–water partition coefficient (Wildman–Crippen LogP) is 1.33. The Kier molecular flexibility index (Phi) is 3.06. The van der Waals surface area contributed by atoms with E-state index in [4.69, 9.17) is 11.1 Å². The Morgan fingerprint density at radius 3 is 2.85 bits per heavy atom. The van der Waals surface area contributed by atoms with Crippen LogP contribution in [0.2, 0.25) is 0 Å². The van der Waals surface area contributed by atoms with E-state index >= 15 is 0 Å². The van der Waals surface area contributed by atoms with Crippen LogP contribution in [0.5, 0.6) is 0 Å². The highest BCUT2D eigenvalue weighted by atomic mass is 15.1. The van der Waals surface area contributed by atoms with Crippen LogP contribution in [0.15, 0.2) is 12.4 Å². The molecule has 0 amide bonds. The van der Waals surface area contributed by atoms with Crippen LogP contribution in [-0.2, 0) is 6.42 Å². The van der Waals surface area contributed by atoms with Gasteiger partial charge in [-0.3, -0.25) is 5.41 Å². The largest absolute Gasteiger partial charge is 0.386 e. The smallest absolute Gasteiger partial charge is 0.114 e. The van der Waals surface area contributed by atoms with Gasteiger partial charge in [0.15, 0.2) is 0 Å². The molecular weight excluding hydrogens is 164 g/mol. The maximum Gasteiger partial charge on any atom is 0.114 e. The molecule has 1 aromatic rings. The van der Waals surface area contributed by atoms with Crippen molar-refractivity contribution >= 4 is 5.84 Å². The topological polar surface area (TPSA) is 67.7 Å². The van der Waals surface area contributed by atoms with Crippen molar-refractivity contribution < 1.29 is 0 Å². The summed E-state index contributed by atoms with van der Waals surface area (Å²) in [5.41, 5.74) is 5.50. The molecule has 0 aliphatic rings. The molecule has 1 rings (SSSR count). The first-order valence-electron chi connectivity index (χ1n) is 4.56. The highest BCUT2D eigenvalue weighted by Crippen LogP contribution is 2.13. The number of aromatic nitrogens is 2. The number of nitrogens with one attached hydrogen (secondary N) is 1. The van der Waals surface area contributed by atoms with E-state index in [9.17, 15) is 0 Å². The summed E-state index contributed by atoms with van der Waals surface area (Å²) in [7, 11) is 0. The van der Waals surface area contributed by atoms with E-state index in [1.807, 2.05) is 24.6 Å². The summed E-state index contributed by atoms with van der Waals surface area (Å²) in [5.74, 6) is 1.19. The number of hydrogen-bond donors (Lipinski definition) is 2. The maximum atomic E-state index is 7.43. The molecule has 0 radical (unpaired) electrons. The minimum atomic E-state index is -0.0301. The average Bonchev–Trinajstić information content (AvgIpc) is 2.53. The summed E-state index contributed by atoms with van der Waals surface area (Å²) >= 11 is 0. The Bertz CT molecular complexity index is 290. The maximum absolute atomic E-state index is 7.43. The van der Waals surface area contributed by atoms with Crippen molar-refractivity contribution in [2.24, 2.45) is 5.73 Å². The van der Waals surface area contributed by atoms with Crippen molar-refractivity contribution in [1.82, 2.24) is 9.55 Å². The van der Waals surface area contributed by atoms with Crippen molar-refractivity contribution in [2.75, 3.05) is 0 Å². The van der Waals surface area contributed by atoms with Gasteiger partial charge in [0.25, 0.3) is 0 Å². The second-order valence-electron chi connectivity index (χ2n) is 2.98. The average molecular weight is 180 g/mol. The molecule has 13 heavy (non-hydrogen) atoms. The van der Waals surface area contributed by atoms with Crippen LogP contribution in [-0.4, -0.2) is 15.4 Å². The first-order valence-corrected chi connectivity index (χ1v) is 4.56. The molecule has 0 saturated heterocycles. The van der Waals surface area contributed by atoms with Crippen LogP contribution in [0.1, 0.15) is 32.1 Å². The van der Waals surface area contributed by atoms with E-state index in [-0.39, 0.29) is 11.9 Å². The Morgan fingerprint density at radius 1 is 1.69 bits per heavy atom. The lowest BCUT2D eigenvalue weighted by Gasteiger charge is -2.16. The molecule has 3 N–H and O–H groups in total. The summed E-state index contributed by atoms with van der Waals surface area (Å²) in [4.78, 5) is 4.20. The van der Waals surface area contributed by atoms with E-state index in [0.717, 1.165) is 18.7 Å². The van der Waals surface area contributed by atoms with Gasteiger partial charge in [-0.1, -0.05) is 13.8 Å². The van der Waals surface area contributed by atoms with Gasteiger partial charge in [0.2, 0.25) is 0 Å². The lowest BCUT2D eigenvalue weighted by Crippen LogP contribution is -2.26. The van der Waals surface area contributed by atoms with Gasteiger partial charge in [-0.25, -0.2) is 4.98 Å². The number of amidine groups is 1. The molecule has 0 bridgehead atoms. The zero-order valence-corrected chi connectivity index (χ0v) is 8.12. The fourth-order valence-electron chi connectivity index (χ4n) is 1.47.